The highest BCUT2D eigenvalue weighted by molar-refractivity contribution is 6.36. The molecule has 4 aromatic carbocycles. The zero-order valence-electron chi connectivity index (χ0n) is 28.9. The van der Waals surface area contributed by atoms with Gasteiger partial charge >= 0.3 is 0 Å². The highest BCUT2D eigenvalue weighted by Crippen LogP contribution is 2.65. The van der Waals surface area contributed by atoms with Gasteiger partial charge in [-0.15, -0.1) is 0 Å². The molecule has 0 spiro atoms. The minimum absolute atomic E-state index is 0.0193. The molecule has 2 aliphatic carbocycles. The Hall–Kier alpha value is -4.87. The topological polar surface area (TPSA) is 125 Å². The van der Waals surface area contributed by atoms with Crippen molar-refractivity contribution in [3.05, 3.63) is 129 Å². The summed E-state index contributed by atoms with van der Waals surface area (Å²) < 4.78 is 11.6. The number of hydrogen-bond donors (Lipinski definition) is 2. The van der Waals surface area contributed by atoms with E-state index >= 15 is 4.79 Å². The van der Waals surface area contributed by atoms with Gasteiger partial charge in [0, 0.05) is 21.5 Å². The van der Waals surface area contributed by atoms with Gasteiger partial charge in [-0.25, -0.2) is 0 Å². The fourth-order valence-corrected chi connectivity index (χ4v) is 9.62. The summed E-state index contributed by atoms with van der Waals surface area (Å²) in [7, 11) is 1.54. The number of amides is 4. The molecular formula is C41H34Cl3N3O7. The van der Waals surface area contributed by atoms with E-state index in [4.69, 9.17) is 44.3 Å². The maximum Gasteiger partial charge on any atom is 0.260 e. The summed E-state index contributed by atoms with van der Waals surface area (Å²) in [6.45, 7) is -0.275. The van der Waals surface area contributed by atoms with Crippen LogP contribution < -0.4 is 19.8 Å². The molecule has 0 aromatic heterocycles. The largest absolute Gasteiger partial charge is 0.497 e. The molecule has 2 heterocycles. The molecule has 2 aliphatic heterocycles. The fourth-order valence-electron chi connectivity index (χ4n) is 9.04. The average Bonchev–Trinajstić information content (AvgIpc) is 3.56. The molecule has 0 unspecified atom stereocenters. The number of aliphatic hydroxyl groups is 1. The van der Waals surface area contributed by atoms with Crippen molar-refractivity contribution in [3.8, 4) is 11.5 Å². The number of ether oxygens (including phenoxy) is 2. The van der Waals surface area contributed by atoms with Gasteiger partial charge in [-0.1, -0.05) is 76.8 Å². The van der Waals surface area contributed by atoms with E-state index in [1.165, 1.54) is 11.0 Å². The standard InChI is InChI=1S/C41H34Cl3N3O7/c1-53-26-13-6-22(7-14-26)41-31(38(50)47(40(41)52)45-33-17-10-24(43)20-32(33)44)21-30-27(36(41)28-4-2-3-5-34(28)54-19-18-48)15-16-29-35(30)39(51)46(37(29)49)25-11-8-23(42)9-12-25/h2-15,17,20,29-31,35-36,45,48H,16,18-19,21H2,1H3/t29-,30+,31-,35-,36+,41+/m0/s1. The smallest absolute Gasteiger partial charge is 0.260 e. The van der Waals surface area contributed by atoms with E-state index in [1.54, 1.807) is 79.9 Å². The predicted octanol–water partition coefficient (Wildman–Crippen LogP) is 7.22. The number of benzene rings is 4. The van der Waals surface area contributed by atoms with E-state index in [9.17, 15) is 19.5 Å². The van der Waals surface area contributed by atoms with Gasteiger partial charge in [-0.05, 0) is 85.0 Å². The van der Waals surface area contributed by atoms with Crippen LogP contribution in [0.5, 0.6) is 11.5 Å². The van der Waals surface area contributed by atoms with Crippen molar-refractivity contribution in [2.75, 3.05) is 30.6 Å². The summed E-state index contributed by atoms with van der Waals surface area (Å²) in [4.78, 5) is 60.3. The van der Waals surface area contributed by atoms with Gasteiger partial charge in [-0.3, -0.25) is 29.5 Å². The van der Waals surface area contributed by atoms with Crippen molar-refractivity contribution in [1.82, 2.24) is 5.01 Å². The van der Waals surface area contributed by atoms with Crippen molar-refractivity contribution in [1.29, 1.82) is 0 Å². The minimum atomic E-state index is -1.56. The number of rotatable bonds is 9. The maximum atomic E-state index is 15.5. The van der Waals surface area contributed by atoms with Gasteiger partial charge in [0.2, 0.25) is 11.8 Å². The SMILES string of the molecule is COc1ccc([C@@]23C(=O)N(Nc4ccc(Cl)cc4Cl)C(=O)[C@@H]2C[C@@H]2C(=CC[C@@H]4C(=O)N(c5ccc(Cl)cc5)C(=O)[C@@H]42)[C@@H]3c2ccccc2OCCO)cc1. The number of carbonyl (C=O) groups excluding carboxylic acids is 4. The highest BCUT2D eigenvalue weighted by atomic mass is 35.5. The number of allylic oxidation sites excluding steroid dienone is 2. The molecule has 4 aliphatic rings. The lowest BCUT2D eigenvalue weighted by atomic mass is 9.49. The second-order valence-electron chi connectivity index (χ2n) is 13.8. The van der Waals surface area contributed by atoms with Crippen LogP contribution in [0.2, 0.25) is 15.1 Å². The number of hydrogen-bond acceptors (Lipinski definition) is 8. The van der Waals surface area contributed by atoms with Crippen LogP contribution in [-0.2, 0) is 24.6 Å². The average molecular weight is 787 g/mol. The first-order valence-electron chi connectivity index (χ1n) is 17.5. The van der Waals surface area contributed by atoms with E-state index in [1.807, 2.05) is 18.2 Å². The van der Waals surface area contributed by atoms with Gasteiger partial charge in [-0.2, -0.15) is 5.01 Å². The third kappa shape index (κ3) is 5.57. The zero-order chi connectivity index (χ0) is 37.9. The van der Waals surface area contributed by atoms with Crippen LogP contribution >= 0.6 is 34.8 Å². The Balaban J connectivity index is 1.34. The number of para-hydroxylation sites is 1. The highest BCUT2D eigenvalue weighted by Gasteiger charge is 2.70. The number of halogens is 3. The van der Waals surface area contributed by atoms with Crippen molar-refractivity contribution in [2.45, 2.75) is 24.2 Å². The Morgan fingerprint density at radius 2 is 1.57 bits per heavy atom. The van der Waals surface area contributed by atoms with E-state index < -0.39 is 46.8 Å². The number of fused-ring (bicyclic) bond motifs is 4. The quantitative estimate of drug-likeness (QED) is 0.135. The summed E-state index contributed by atoms with van der Waals surface area (Å²) in [5.41, 5.74) is 4.05. The Morgan fingerprint density at radius 3 is 2.28 bits per heavy atom. The van der Waals surface area contributed by atoms with Crippen molar-refractivity contribution in [2.24, 2.45) is 23.7 Å². The minimum Gasteiger partial charge on any atom is -0.497 e. The molecular weight excluding hydrogens is 753 g/mol. The molecule has 0 bridgehead atoms. The number of anilines is 2. The van der Waals surface area contributed by atoms with Crippen molar-refractivity contribution < 1.29 is 33.8 Å². The molecule has 0 radical (unpaired) electrons. The second-order valence-corrected chi connectivity index (χ2v) is 15.1. The third-order valence-corrected chi connectivity index (χ3v) is 12.0. The van der Waals surface area contributed by atoms with Crippen LogP contribution in [0.1, 0.15) is 29.9 Å². The Morgan fingerprint density at radius 1 is 0.852 bits per heavy atom. The van der Waals surface area contributed by atoms with Gasteiger partial charge in [0.1, 0.15) is 18.1 Å². The van der Waals surface area contributed by atoms with Gasteiger partial charge in [0.25, 0.3) is 11.8 Å². The van der Waals surface area contributed by atoms with E-state index in [0.29, 0.717) is 44.0 Å². The monoisotopic (exact) mass is 785 g/mol. The summed E-state index contributed by atoms with van der Waals surface area (Å²) >= 11 is 18.9. The van der Waals surface area contributed by atoms with Crippen LogP contribution in [-0.4, -0.2) is 54.1 Å². The number of carbonyl (C=O) groups is 4. The van der Waals surface area contributed by atoms with Gasteiger partial charge < -0.3 is 14.6 Å². The molecule has 4 amide bonds. The summed E-state index contributed by atoms with van der Waals surface area (Å²) in [5, 5.41) is 11.8. The van der Waals surface area contributed by atoms with Crippen LogP contribution in [0.4, 0.5) is 11.4 Å². The number of imide groups is 2. The lowest BCUT2D eigenvalue weighted by Gasteiger charge is -2.50. The van der Waals surface area contributed by atoms with Crippen molar-refractivity contribution in [3.63, 3.8) is 0 Å². The third-order valence-electron chi connectivity index (χ3n) is 11.2. The molecule has 13 heteroatoms. The van der Waals surface area contributed by atoms with Gasteiger partial charge in [0.05, 0.1) is 53.3 Å². The molecule has 4 aromatic rings. The Kier molecular flexibility index (Phi) is 9.42. The second kappa shape index (κ2) is 14.1. The lowest BCUT2D eigenvalue weighted by Crippen LogP contribution is -2.53. The molecule has 276 valence electrons. The van der Waals surface area contributed by atoms with Crippen LogP contribution in [0, 0.1) is 23.7 Å². The van der Waals surface area contributed by atoms with Gasteiger partial charge in [0.15, 0.2) is 0 Å². The molecule has 3 fully saturated rings. The summed E-state index contributed by atoms with van der Waals surface area (Å²) in [6, 6.07) is 25.5. The van der Waals surface area contributed by atoms with Crippen molar-refractivity contribution >= 4 is 69.8 Å². The molecule has 10 nitrogen and oxygen atoms in total. The maximum absolute atomic E-state index is 15.5. The Labute approximate surface area is 326 Å². The summed E-state index contributed by atoms with van der Waals surface area (Å²) in [6.07, 6.45) is 2.32. The number of hydrazine groups is 1. The number of nitrogens with zero attached hydrogens (tertiary/aromatic N) is 2. The summed E-state index contributed by atoms with van der Waals surface area (Å²) in [5.74, 6) is -4.71. The normalized spacial score (nSPS) is 25.9. The molecule has 1 saturated carbocycles. The lowest BCUT2D eigenvalue weighted by molar-refractivity contribution is -0.138. The van der Waals surface area contributed by atoms with Crippen LogP contribution in [0.25, 0.3) is 0 Å². The fraction of sp³-hybridized carbons (Fsp3) is 0.268. The molecule has 54 heavy (non-hydrogen) atoms. The Bertz CT molecular complexity index is 2210. The van der Waals surface area contributed by atoms with E-state index in [2.05, 4.69) is 5.43 Å². The predicted molar refractivity (Wildman–Crippen MR) is 204 cm³/mol. The number of aliphatic hydroxyl groups excluding tert-OH is 1. The molecule has 2 saturated heterocycles. The first kappa shape index (κ1) is 36.1. The number of nitrogens with one attached hydrogen (secondary N) is 1. The first-order chi connectivity index (χ1) is 26.1. The van der Waals surface area contributed by atoms with Crippen LogP contribution in [0.3, 0.4) is 0 Å². The van der Waals surface area contributed by atoms with E-state index in [-0.39, 0.29) is 42.9 Å². The zero-order valence-corrected chi connectivity index (χ0v) is 31.1. The van der Waals surface area contributed by atoms with Crippen LogP contribution in [0.15, 0.2) is 103 Å². The molecule has 6 atom stereocenters. The molecule has 2 N–H and O–H groups in total. The molecule has 8 rings (SSSR count). The number of methoxy groups -OCH3 is 1. The van der Waals surface area contributed by atoms with E-state index in [0.717, 1.165) is 10.6 Å². The first-order valence-corrected chi connectivity index (χ1v) is 18.6.